The fourth-order valence-electron chi connectivity index (χ4n) is 3.05. The summed E-state index contributed by atoms with van der Waals surface area (Å²) in [5.74, 6) is 0.156. The predicted molar refractivity (Wildman–Crippen MR) is 74.6 cm³/mol. The average molecular weight is 294 g/mol. The van der Waals surface area contributed by atoms with E-state index in [2.05, 4.69) is 20.8 Å². The summed E-state index contributed by atoms with van der Waals surface area (Å²) in [7, 11) is 0. The molecule has 3 atom stereocenters. The largest absolute Gasteiger partial charge is 0.391 e. The molecule has 7 nitrogen and oxygen atoms in total. The van der Waals surface area contributed by atoms with Crippen molar-refractivity contribution in [2.45, 2.75) is 63.1 Å². The van der Waals surface area contributed by atoms with Gasteiger partial charge < -0.3 is 20.3 Å². The minimum absolute atomic E-state index is 0.0511. The first-order chi connectivity index (χ1) is 10.2. The van der Waals surface area contributed by atoms with E-state index in [-0.39, 0.29) is 23.8 Å². The maximum absolute atomic E-state index is 12.2. The highest BCUT2D eigenvalue weighted by Gasteiger charge is 2.27. The van der Waals surface area contributed by atoms with E-state index in [9.17, 15) is 9.90 Å². The number of aromatic nitrogens is 2. The van der Waals surface area contributed by atoms with E-state index in [1.807, 2.05) is 0 Å². The summed E-state index contributed by atoms with van der Waals surface area (Å²) < 4.78 is 5.16. The first-order valence-electron chi connectivity index (χ1n) is 7.80. The molecule has 7 heteroatoms. The molecule has 0 radical (unpaired) electrons. The minimum Gasteiger partial charge on any atom is -0.391 e. The van der Waals surface area contributed by atoms with Crippen molar-refractivity contribution in [3.63, 3.8) is 0 Å². The highest BCUT2D eigenvalue weighted by Crippen LogP contribution is 2.21. The third kappa shape index (κ3) is 3.41. The van der Waals surface area contributed by atoms with Gasteiger partial charge in [0.25, 0.3) is 11.7 Å². The van der Waals surface area contributed by atoms with E-state index in [1.165, 1.54) is 0 Å². The molecule has 1 aliphatic carbocycles. The van der Waals surface area contributed by atoms with Crippen LogP contribution in [0.4, 0.5) is 0 Å². The zero-order valence-corrected chi connectivity index (χ0v) is 12.0. The van der Waals surface area contributed by atoms with E-state index >= 15 is 0 Å². The molecule has 1 saturated carbocycles. The van der Waals surface area contributed by atoms with Crippen molar-refractivity contribution in [2.75, 3.05) is 6.54 Å². The maximum Gasteiger partial charge on any atom is 0.292 e. The zero-order chi connectivity index (χ0) is 14.7. The molecule has 1 aliphatic heterocycles. The maximum atomic E-state index is 12.2. The number of aliphatic hydroxyl groups is 1. The lowest BCUT2D eigenvalue weighted by molar-refractivity contribution is 0.0807. The number of aliphatic hydroxyl groups excluding tert-OH is 1. The topological polar surface area (TPSA) is 100 Å². The van der Waals surface area contributed by atoms with E-state index in [0.717, 1.165) is 51.5 Å². The molecule has 0 aromatic carbocycles. The third-order valence-corrected chi connectivity index (χ3v) is 4.30. The van der Waals surface area contributed by atoms with Crippen LogP contribution >= 0.6 is 0 Å². The summed E-state index contributed by atoms with van der Waals surface area (Å²) >= 11 is 0. The second-order valence-electron chi connectivity index (χ2n) is 5.89. The molecule has 2 fully saturated rings. The van der Waals surface area contributed by atoms with Gasteiger partial charge in [-0.3, -0.25) is 4.79 Å². The number of rotatable bonds is 3. The molecule has 116 valence electrons. The van der Waals surface area contributed by atoms with Gasteiger partial charge in [0.1, 0.15) is 0 Å². The molecular formula is C14H22N4O3. The Morgan fingerprint density at radius 2 is 2.10 bits per heavy atom. The Morgan fingerprint density at radius 3 is 2.90 bits per heavy atom. The van der Waals surface area contributed by atoms with Gasteiger partial charge in [-0.1, -0.05) is 24.4 Å². The third-order valence-electron chi connectivity index (χ3n) is 4.30. The predicted octanol–water partition coefficient (Wildman–Crippen LogP) is 0.917. The summed E-state index contributed by atoms with van der Waals surface area (Å²) in [6, 6.07) is -0.158. The minimum atomic E-state index is -0.487. The number of carbonyl (C=O) groups is 1. The van der Waals surface area contributed by atoms with Gasteiger partial charge in [0, 0.05) is 0 Å². The van der Waals surface area contributed by atoms with Crippen LogP contribution < -0.4 is 10.6 Å². The van der Waals surface area contributed by atoms with Gasteiger partial charge >= 0.3 is 0 Å². The van der Waals surface area contributed by atoms with Gasteiger partial charge in [-0.25, -0.2) is 0 Å². The second kappa shape index (κ2) is 6.53. The Bertz CT molecular complexity index is 484. The Balaban J connectivity index is 1.62. The van der Waals surface area contributed by atoms with Crippen LogP contribution in [0.5, 0.6) is 0 Å². The summed E-state index contributed by atoms with van der Waals surface area (Å²) in [5, 5.41) is 19.9. The van der Waals surface area contributed by atoms with Crippen molar-refractivity contribution in [1.82, 2.24) is 20.8 Å². The number of amides is 1. The normalized spacial score (nSPS) is 30.0. The van der Waals surface area contributed by atoms with Crippen molar-refractivity contribution < 1.29 is 14.4 Å². The van der Waals surface area contributed by atoms with Gasteiger partial charge in [-0.05, 0) is 32.2 Å². The molecule has 3 unspecified atom stereocenters. The molecule has 1 aromatic rings. The van der Waals surface area contributed by atoms with Crippen LogP contribution in [0.1, 0.15) is 67.5 Å². The number of nitrogens with zero attached hydrogens (tertiary/aromatic N) is 2. The van der Waals surface area contributed by atoms with Gasteiger partial charge in [-0.2, -0.15) is 4.98 Å². The van der Waals surface area contributed by atoms with Crippen molar-refractivity contribution in [2.24, 2.45) is 0 Å². The van der Waals surface area contributed by atoms with Crippen molar-refractivity contribution in [1.29, 1.82) is 0 Å². The Labute approximate surface area is 123 Å². The van der Waals surface area contributed by atoms with Crippen LogP contribution in [0.2, 0.25) is 0 Å². The van der Waals surface area contributed by atoms with Crippen molar-refractivity contribution in [3.8, 4) is 0 Å². The first-order valence-corrected chi connectivity index (χ1v) is 7.80. The van der Waals surface area contributed by atoms with E-state index in [1.54, 1.807) is 0 Å². The summed E-state index contributed by atoms with van der Waals surface area (Å²) in [6.45, 7) is 0.933. The molecule has 1 aromatic heterocycles. The van der Waals surface area contributed by atoms with Crippen LogP contribution in [0.3, 0.4) is 0 Å². The Morgan fingerprint density at radius 1 is 1.24 bits per heavy atom. The fraction of sp³-hybridized carbons (Fsp3) is 0.786. The Hall–Kier alpha value is -1.47. The number of hydrogen-bond acceptors (Lipinski definition) is 6. The monoisotopic (exact) mass is 294 g/mol. The molecule has 1 saturated heterocycles. The summed E-state index contributed by atoms with van der Waals surface area (Å²) in [6.07, 6.45) is 6.19. The lowest BCUT2D eigenvalue weighted by Crippen LogP contribution is -2.43. The zero-order valence-electron chi connectivity index (χ0n) is 12.0. The van der Waals surface area contributed by atoms with E-state index in [0.29, 0.717) is 5.89 Å². The van der Waals surface area contributed by atoms with Gasteiger partial charge in [0.05, 0.1) is 18.2 Å². The molecule has 21 heavy (non-hydrogen) atoms. The molecule has 1 amide bonds. The number of hydrogen-bond donors (Lipinski definition) is 3. The molecule has 0 bridgehead atoms. The lowest BCUT2D eigenvalue weighted by atomic mass is 10.1. The quantitative estimate of drug-likeness (QED) is 0.717. The number of nitrogens with one attached hydrogen (secondary N) is 2. The molecule has 0 spiro atoms. The van der Waals surface area contributed by atoms with Gasteiger partial charge in [0.2, 0.25) is 5.89 Å². The van der Waals surface area contributed by atoms with Crippen LogP contribution in [0.25, 0.3) is 0 Å². The van der Waals surface area contributed by atoms with E-state index in [4.69, 9.17) is 4.52 Å². The van der Waals surface area contributed by atoms with Crippen LogP contribution in [-0.2, 0) is 0 Å². The summed E-state index contributed by atoms with van der Waals surface area (Å²) in [5.41, 5.74) is 0. The van der Waals surface area contributed by atoms with Crippen molar-refractivity contribution >= 4 is 5.91 Å². The molecule has 3 N–H and O–H groups in total. The summed E-state index contributed by atoms with van der Waals surface area (Å²) in [4.78, 5) is 16.3. The highest BCUT2D eigenvalue weighted by molar-refractivity contribution is 5.90. The van der Waals surface area contributed by atoms with Crippen LogP contribution in [0, 0.1) is 0 Å². The van der Waals surface area contributed by atoms with Crippen LogP contribution in [-0.4, -0.2) is 39.8 Å². The Kier molecular flexibility index (Phi) is 4.50. The first kappa shape index (κ1) is 14.5. The SMILES string of the molecule is O=C(NC1CCCCCC1O)c1noc(C2CCCN2)n1. The molecule has 2 heterocycles. The van der Waals surface area contributed by atoms with E-state index < -0.39 is 6.10 Å². The van der Waals surface area contributed by atoms with Gasteiger partial charge in [-0.15, -0.1) is 0 Å². The highest BCUT2D eigenvalue weighted by atomic mass is 16.5. The molecule has 2 aliphatic rings. The second-order valence-corrected chi connectivity index (χ2v) is 5.89. The average Bonchev–Trinajstić information content (AvgIpc) is 3.12. The molecule has 3 rings (SSSR count). The fourth-order valence-corrected chi connectivity index (χ4v) is 3.05. The number of carbonyl (C=O) groups excluding carboxylic acids is 1. The lowest BCUT2D eigenvalue weighted by Gasteiger charge is -2.20. The molecular weight excluding hydrogens is 272 g/mol. The van der Waals surface area contributed by atoms with Crippen LogP contribution in [0.15, 0.2) is 4.52 Å². The smallest absolute Gasteiger partial charge is 0.292 e. The standard InChI is InChI=1S/C14H22N4O3/c19-11-7-3-1-2-5-9(11)16-13(20)12-17-14(21-18-12)10-6-4-8-15-10/h9-11,15,19H,1-8H2,(H,16,20). The van der Waals surface area contributed by atoms with Crippen molar-refractivity contribution in [3.05, 3.63) is 11.7 Å². The van der Waals surface area contributed by atoms with Gasteiger partial charge in [0.15, 0.2) is 0 Å².